The largest absolute Gasteiger partial charge is 0.0776 e. The molecule has 0 radical (unpaired) electrons. The van der Waals surface area contributed by atoms with Gasteiger partial charge in [-0.05, 0) is 5.92 Å². The molecule has 0 atom stereocenters. The first-order valence-corrected chi connectivity index (χ1v) is 7.39. The topological polar surface area (TPSA) is 0 Å². The number of rotatable bonds is 0. The average Bonchev–Trinajstić information content (AvgIpc) is 2.36. The molecule has 2 fully saturated rings. The second-order valence-corrected chi connectivity index (χ2v) is 4.86. The molecule has 0 bridgehead atoms. The lowest BCUT2D eigenvalue weighted by Gasteiger charge is -2.15. The van der Waals surface area contributed by atoms with Crippen molar-refractivity contribution in [2.75, 3.05) is 0 Å². The van der Waals surface area contributed by atoms with Crippen LogP contribution in [0, 0.1) is 5.92 Å². The van der Waals surface area contributed by atoms with Crippen LogP contribution in [0.3, 0.4) is 0 Å². The van der Waals surface area contributed by atoms with Crippen LogP contribution in [0.2, 0.25) is 0 Å². The average molecular weight is 228 g/mol. The van der Waals surface area contributed by atoms with Gasteiger partial charge in [-0.15, -0.1) is 0 Å². The molecule has 0 nitrogen and oxygen atoms in total. The van der Waals surface area contributed by atoms with Crippen LogP contribution in [0.25, 0.3) is 0 Å². The lowest BCUT2D eigenvalue weighted by molar-refractivity contribution is 0.385. The van der Waals surface area contributed by atoms with Gasteiger partial charge < -0.3 is 0 Å². The zero-order valence-corrected chi connectivity index (χ0v) is 11.4. The summed E-state index contributed by atoms with van der Waals surface area (Å²) in [4.78, 5) is 0. The maximum atomic E-state index is 2.36. The van der Waals surface area contributed by atoms with E-state index in [0.717, 1.165) is 5.92 Å². The van der Waals surface area contributed by atoms with Crippen LogP contribution < -0.4 is 0 Å². The molecular weight excluding hydrogens is 192 g/mol. The molecule has 2 saturated carbocycles. The summed E-state index contributed by atoms with van der Waals surface area (Å²) in [5.74, 6) is 1.04. The van der Waals surface area contributed by atoms with Crippen molar-refractivity contribution in [3.63, 3.8) is 0 Å². The summed E-state index contributed by atoms with van der Waals surface area (Å²) in [6, 6.07) is 0. The highest BCUT2D eigenvalue weighted by molar-refractivity contribution is 4.59. The van der Waals surface area contributed by atoms with E-state index in [0.29, 0.717) is 0 Å². The molecular formula is C16H36. The molecule has 2 aliphatic rings. The Morgan fingerprint density at radius 3 is 1.00 bits per heavy atom. The van der Waals surface area contributed by atoms with Crippen LogP contribution >= 0.6 is 0 Å². The Kier molecular flexibility index (Phi) is 17.2. The van der Waals surface area contributed by atoms with Crippen LogP contribution in [0.1, 0.15) is 98.8 Å². The lowest BCUT2D eigenvalue weighted by Crippen LogP contribution is -1.99. The fourth-order valence-electron chi connectivity index (χ4n) is 2.37. The van der Waals surface area contributed by atoms with Crippen molar-refractivity contribution in [1.82, 2.24) is 0 Å². The fourth-order valence-corrected chi connectivity index (χ4v) is 2.37. The summed E-state index contributed by atoms with van der Waals surface area (Å²) in [5.41, 5.74) is 0. The third kappa shape index (κ3) is 12.1. The van der Waals surface area contributed by atoms with Gasteiger partial charge in [0.15, 0.2) is 0 Å². The van der Waals surface area contributed by atoms with E-state index in [1.165, 1.54) is 70.6 Å². The predicted molar refractivity (Wildman–Crippen MR) is 78.0 cm³/mol. The standard InChI is InChI=1S/C7H14.C6H12.C2H6.CH4/c1-7-5-3-2-4-6-7;1-2-4-6-5-3-1;1-2;/h7H,2-6H2,1H3;1-6H2;1-2H3;1H4. The van der Waals surface area contributed by atoms with Gasteiger partial charge in [0.1, 0.15) is 0 Å². The van der Waals surface area contributed by atoms with Crippen molar-refractivity contribution in [3.05, 3.63) is 0 Å². The van der Waals surface area contributed by atoms with Crippen molar-refractivity contribution in [3.8, 4) is 0 Å². The van der Waals surface area contributed by atoms with Crippen molar-refractivity contribution >= 4 is 0 Å². The molecule has 0 saturated heterocycles. The second kappa shape index (κ2) is 15.0. The molecule has 0 N–H and O–H groups in total. The Balaban J connectivity index is 0. The fraction of sp³-hybridized carbons (Fsp3) is 1.00. The Bertz CT molecular complexity index is 85.1. The van der Waals surface area contributed by atoms with Gasteiger partial charge in [-0.25, -0.2) is 0 Å². The van der Waals surface area contributed by atoms with Gasteiger partial charge in [-0.1, -0.05) is 98.8 Å². The molecule has 0 aromatic heterocycles. The van der Waals surface area contributed by atoms with Gasteiger partial charge in [-0.3, -0.25) is 0 Å². The molecule has 0 spiro atoms. The predicted octanol–water partition coefficient (Wildman–Crippen LogP) is 6.59. The van der Waals surface area contributed by atoms with E-state index in [-0.39, 0.29) is 7.43 Å². The van der Waals surface area contributed by atoms with E-state index in [1.54, 1.807) is 0 Å². The smallest absolute Gasteiger partial charge is 0.0443 e. The first-order chi connectivity index (χ1) is 7.39. The summed E-state index contributed by atoms with van der Waals surface area (Å²) in [6.45, 7) is 6.36. The first-order valence-electron chi connectivity index (χ1n) is 7.39. The molecule has 16 heavy (non-hydrogen) atoms. The Hall–Kier alpha value is 0. The summed E-state index contributed by atoms with van der Waals surface area (Å²) >= 11 is 0. The normalized spacial score (nSPS) is 20.4. The summed E-state index contributed by atoms with van der Waals surface area (Å²) in [6.07, 6.45) is 16.4. The van der Waals surface area contributed by atoms with Crippen LogP contribution in [0.5, 0.6) is 0 Å². The molecule has 0 unspecified atom stereocenters. The minimum atomic E-state index is 0. The van der Waals surface area contributed by atoms with E-state index in [4.69, 9.17) is 0 Å². The third-order valence-electron chi connectivity index (χ3n) is 3.39. The van der Waals surface area contributed by atoms with E-state index >= 15 is 0 Å². The minimum absolute atomic E-state index is 0. The molecule has 2 aliphatic carbocycles. The van der Waals surface area contributed by atoms with Crippen molar-refractivity contribution in [2.24, 2.45) is 5.92 Å². The Morgan fingerprint density at radius 1 is 0.562 bits per heavy atom. The van der Waals surface area contributed by atoms with Crippen LogP contribution in [0.15, 0.2) is 0 Å². The zero-order valence-electron chi connectivity index (χ0n) is 11.4. The molecule has 0 aromatic rings. The summed E-state index contributed by atoms with van der Waals surface area (Å²) < 4.78 is 0. The maximum absolute atomic E-state index is 2.36. The third-order valence-corrected chi connectivity index (χ3v) is 3.39. The van der Waals surface area contributed by atoms with Gasteiger partial charge in [0.05, 0.1) is 0 Å². The summed E-state index contributed by atoms with van der Waals surface area (Å²) in [5, 5.41) is 0. The quantitative estimate of drug-likeness (QED) is 0.439. The molecule has 0 aliphatic heterocycles. The Morgan fingerprint density at radius 2 is 0.812 bits per heavy atom. The Labute approximate surface area is 105 Å². The van der Waals surface area contributed by atoms with Crippen LogP contribution in [0.4, 0.5) is 0 Å². The zero-order chi connectivity index (χ0) is 11.4. The van der Waals surface area contributed by atoms with Crippen molar-refractivity contribution < 1.29 is 0 Å². The van der Waals surface area contributed by atoms with E-state index in [2.05, 4.69) is 6.92 Å². The molecule has 0 heterocycles. The molecule has 2 rings (SSSR count). The second-order valence-electron chi connectivity index (χ2n) is 4.86. The molecule has 0 aromatic carbocycles. The van der Waals surface area contributed by atoms with Gasteiger partial charge in [0.2, 0.25) is 0 Å². The van der Waals surface area contributed by atoms with E-state index in [1.807, 2.05) is 13.8 Å². The molecule has 100 valence electrons. The number of hydrogen-bond donors (Lipinski definition) is 0. The van der Waals surface area contributed by atoms with Gasteiger partial charge >= 0.3 is 0 Å². The van der Waals surface area contributed by atoms with Crippen LogP contribution in [-0.2, 0) is 0 Å². The summed E-state index contributed by atoms with van der Waals surface area (Å²) in [7, 11) is 0. The highest BCUT2D eigenvalue weighted by Gasteiger charge is 2.05. The molecule has 0 heteroatoms. The van der Waals surface area contributed by atoms with E-state index < -0.39 is 0 Å². The van der Waals surface area contributed by atoms with Crippen molar-refractivity contribution in [1.29, 1.82) is 0 Å². The van der Waals surface area contributed by atoms with Gasteiger partial charge in [0, 0.05) is 0 Å². The lowest BCUT2D eigenvalue weighted by atomic mass is 9.91. The van der Waals surface area contributed by atoms with Crippen LogP contribution in [-0.4, -0.2) is 0 Å². The minimum Gasteiger partial charge on any atom is -0.0776 e. The monoisotopic (exact) mass is 228 g/mol. The first kappa shape index (κ1) is 18.4. The van der Waals surface area contributed by atoms with Gasteiger partial charge in [-0.2, -0.15) is 0 Å². The maximum Gasteiger partial charge on any atom is -0.0443 e. The highest BCUT2D eigenvalue weighted by Crippen LogP contribution is 2.22. The molecule has 0 amide bonds. The number of hydrogen-bond acceptors (Lipinski definition) is 0. The van der Waals surface area contributed by atoms with E-state index in [9.17, 15) is 0 Å². The SMILES string of the molecule is C.C1CCCCC1.CC.CC1CCCCC1. The van der Waals surface area contributed by atoms with Gasteiger partial charge in [0.25, 0.3) is 0 Å². The highest BCUT2D eigenvalue weighted by atomic mass is 14.1. The van der Waals surface area contributed by atoms with Crippen molar-refractivity contribution in [2.45, 2.75) is 98.8 Å².